The molecule has 1 aromatic carbocycles. The molecule has 2 N–H and O–H groups in total. The van der Waals surface area contributed by atoms with Crippen molar-refractivity contribution in [1.82, 2.24) is 10.6 Å². The van der Waals surface area contributed by atoms with Crippen LogP contribution in [0.25, 0.3) is 0 Å². The predicted octanol–water partition coefficient (Wildman–Crippen LogP) is 2.61. The molecule has 1 unspecified atom stereocenters. The van der Waals surface area contributed by atoms with Gasteiger partial charge in [0.1, 0.15) is 0 Å². The Kier molecular flexibility index (Phi) is 6.14. The SMILES string of the molecule is CC(OC(=O)c1ccc(Br)o1)C(=O)NC(=O)NCc1ccccc1. The van der Waals surface area contributed by atoms with Gasteiger partial charge in [-0.05, 0) is 40.5 Å². The summed E-state index contributed by atoms with van der Waals surface area (Å²) in [7, 11) is 0. The Labute approximate surface area is 146 Å². The molecular weight excluding hydrogens is 380 g/mol. The second kappa shape index (κ2) is 8.30. The van der Waals surface area contributed by atoms with Crippen LogP contribution in [-0.4, -0.2) is 24.0 Å². The summed E-state index contributed by atoms with van der Waals surface area (Å²) in [5.74, 6) is -1.58. The van der Waals surface area contributed by atoms with E-state index in [9.17, 15) is 14.4 Å². The number of carbonyl (C=O) groups is 3. The standard InChI is InChI=1S/C16H15BrN2O5/c1-10(23-15(21)12-7-8-13(17)24-12)14(20)19-16(22)18-9-11-5-3-2-4-6-11/h2-8,10H,9H2,1H3,(H2,18,19,20,22). The van der Waals surface area contributed by atoms with E-state index < -0.39 is 24.0 Å². The van der Waals surface area contributed by atoms with Gasteiger partial charge in [-0.1, -0.05) is 30.3 Å². The summed E-state index contributed by atoms with van der Waals surface area (Å²) in [6, 6.07) is 11.5. The van der Waals surface area contributed by atoms with Crippen LogP contribution >= 0.6 is 15.9 Å². The lowest BCUT2D eigenvalue weighted by Crippen LogP contribution is -2.44. The van der Waals surface area contributed by atoms with Crippen molar-refractivity contribution in [2.45, 2.75) is 19.6 Å². The highest BCUT2D eigenvalue weighted by atomic mass is 79.9. The Morgan fingerprint density at radius 3 is 2.50 bits per heavy atom. The zero-order valence-electron chi connectivity index (χ0n) is 12.7. The number of urea groups is 1. The molecule has 8 heteroatoms. The number of halogens is 1. The van der Waals surface area contributed by atoms with Crippen LogP contribution in [0, 0.1) is 0 Å². The number of nitrogens with one attached hydrogen (secondary N) is 2. The average molecular weight is 395 g/mol. The zero-order valence-corrected chi connectivity index (χ0v) is 14.3. The van der Waals surface area contributed by atoms with Crippen LogP contribution in [0.3, 0.4) is 0 Å². The molecule has 0 saturated heterocycles. The fourth-order valence-corrected chi connectivity index (χ4v) is 2.04. The minimum Gasteiger partial charge on any atom is -0.447 e. The number of benzene rings is 1. The molecule has 1 aromatic heterocycles. The highest BCUT2D eigenvalue weighted by molar-refractivity contribution is 9.10. The monoisotopic (exact) mass is 394 g/mol. The van der Waals surface area contributed by atoms with Gasteiger partial charge in [-0.25, -0.2) is 9.59 Å². The van der Waals surface area contributed by atoms with Crippen molar-refractivity contribution in [3.8, 4) is 0 Å². The summed E-state index contributed by atoms with van der Waals surface area (Å²) in [5.41, 5.74) is 0.892. The minimum atomic E-state index is -1.15. The topological polar surface area (TPSA) is 97.6 Å². The molecule has 0 saturated carbocycles. The van der Waals surface area contributed by atoms with Crippen molar-refractivity contribution in [3.05, 3.63) is 58.5 Å². The van der Waals surface area contributed by atoms with Gasteiger partial charge in [0.2, 0.25) is 5.76 Å². The lowest BCUT2D eigenvalue weighted by atomic mass is 10.2. The first-order valence-corrected chi connectivity index (χ1v) is 7.84. The van der Waals surface area contributed by atoms with Gasteiger partial charge in [0.25, 0.3) is 5.91 Å². The first-order valence-electron chi connectivity index (χ1n) is 7.04. The number of hydrogen-bond acceptors (Lipinski definition) is 5. The van der Waals surface area contributed by atoms with Crippen molar-refractivity contribution in [2.24, 2.45) is 0 Å². The molecule has 0 aliphatic heterocycles. The van der Waals surface area contributed by atoms with Crippen molar-refractivity contribution in [1.29, 1.82) is 0 Å². The maximum atomic E-state index is 11.8. The van der Waals surface area contributed by atoms with Crippen molar-refractivity contribution < 1.29 is 23.5 Å². The first-order chi connectivity index (χ1) is 11.5. The first kappa shape index (κ1) is 17.7. The van der Waals surface area contributed by atoms with E-state index in [0.29, 0.717) is 4.67 Å². The molecule has 24 heavy (non-hydrogen) atoms. The molecule has 0 radical (unpaired) electrons. The number of rotatable bonds is 5. The molecule has 2 rings (SSSR count). The number of esters is 1. The van der Waals surface area contributed by atoms with Gasteiger partial charge in [-0.3, -0.25) is 10.1 Å². The van der Waals surface area contributed by atoms with E-state index in [1.165, 1.54) is 19.1 Å². The summed E-state index contributed by atoms with van der Waals surface area (Å²) in [6.45, 7) is 1.63. The molecule has 0 fully saturated rings. The normalized spacial score (nSPS) is 11.4. The summed E-state index contributed by atoms with van der Waals surface area (Å²) in [5, 5.41) is 4.64. The fraction of sp³-hybridized carbons (Fsp3) is 0.188. The Morgan fingerprint density at radius 2 is 1.88 bits per heavy atom. The second-order valence-electron chi connectivity index (χ2n) is 4.81. The van der Waals surface area contributed by atoms with Crippen LogP contribution in [0.2, 0.25) is 0 Å². The molecule has 0 bridgehead atoms. The van der Waals surface area contributed by atoms with E-state index in [-0.39, 0.29) is 12.3 Å². The summed E-state index contributed by atoms with van der Waals surface area (Å²) < 4.78 is 10.3. The molecule has 2 aromatic rings. The predicted molar refractivity (Wildman–Crippen MR) is 88.1 cm³/mol. The molecule has 126 valence electrons. The molecule has 0 spiro atoms. The van der Waals surface area contributed by atoms with Gasteiger partial charge in [0.15, 0.2) is 10.8 Å². The highest BCUT2D eigenvalue weighted by Crippen LogP contribution is 2.15. The summed E-state index contributed by atoms with van der Waals surface area (Å²) in [6.07, 6.45) is -1.15. The third kappa shape index (κ3) is 5.24. The molecule has 3 amide bonds. The fourth-order valence-electron chi connectivity index (χ4n) is 1.73. The maximum absolute atomic E-state index is 11.8. The zero-order chi connectivity index (χ0) is 17.5. The van der Waals surface area contributed by atoms with E-state index >= 15 is 0 Å². The van der Waals surface area contributed by atoms with E-state index in [4.69, 9.17) is 9.15 Å². The average Bonchev–Trinajstić information content (AvgIpc) is 3.00. The van der Waals surface area contributed by atoms with Crippen LogP contribution in [0.15, 0.2) is 51.6 Å². The van der Waals surface area contributed by atoms with Crippen LogP contribution in [0.1, 0.15) is 23.0 Å². The Bertz CT molecular complexity index is 729. The van der Waals surface area contributed by atoms with Gasteiger partial charge < -0.3 is 14.5 Å². The number of hydrogen-bond donors (Lipinski definition) is 2. The lowest BCUT2D eigenvalue weighted by molar-refractivity contribution is -0.128. The molecule has 0 aliphatic carbocycles. The molecule has 0 aliphatic rings. The van der Waals surface area contributed by atoms with Crippen LogP contribution in [0.5, 0.6) is 0 Å². The van der Waals surface area contributed by atoms with E-state index in [1.54, 1.807) is 0 Å². The van der Waals surface area contributed by atoms with Crippen LogP contribution in [0.4, 0.5) is 4.79 Å². The number of imide groups is 1. The molecular formula is C16H15BrN2O5. The number of furan rings is 1. The Balaban J connectivity index is 1.78. The number of ether oxygens (including phenoxy) is 1. The van der Waals surface area contributed by atoms with Crippen molar-refractivity contribution >= 4 is 33.8 Å². The van der Waals surface area contributed by atoms with E-state index in [1.807, 2.05) is 30.3 Å². The summed E-state index contributed by atoms with van der Waals surface area (Å²) in [4.78, 5) is 35.3. The van der Waals surface area contributed by atoms with E-state index in [2.05, 4.69) is 26.6 Å². The molecule has 1 atom stereocenters. The number of amides is 3. The van der Waals surface area contributed by atoms with Gasteiger partial charge >= 0.3 is 12.0 Å². The van der Waals surface area contributed by atoms with Crippen LogP contribution in [-0.2, 0) is 16.1 Å². The quantitative estimate of drug-likeness (QED) is 0.759. The summed E-state index contributed by atoms with van der Waals surface area (Å²) >= 11 is 3.06. The van der Waals surface area contributed by atoms with Crippen molar-refractivity contribution in [2.75, 3.05) is 0 Å². The maximum Gasteiger partial charge on any atom is 0.375 e. The third-order valence-electron chi connectivity index (χ3n) is 2.96. The molecule has 7 nitrogen and oxygen atoms in total. The third-order valence-corrected chi connectivity index (χ3v) is 3.39. The second-order valence-corrected chi connectivity index (χ2v) is 5.59. The van der Waals surface area contributed by atoms with E-state index in [0.717, 1.165) is 5.56 Å². The van der Waals surface area contributed by atoms with Crippen LogP contribution < -0.4 is 10.6 Å². The lowest BCUT2D eigenvalue weighted by Gasteiger charge is -2.12. The number of carbonyl (C=O) groups excluding carboxylic acids is 3. The smallest absolute Gasteiger partial charge is 0.375 e. The van der Waals surface area contributed by atoms with Gasteiger partial charge in [-0.15, -0.1) is 0 Å². The minimum absolute atomic E-state index is 0.0462. The Morgan fingerprint density at radius 1 is 1.17 bits per heavy atom. The van der Waals surface area contributed by atoms with Gasteiger partial charge in [-0.2, -0.15) is 0 Å². The highest BCUT2D eigenvalue weighted by Gasteiger charge is 2.22. The van der Waals surface area contributed by atoms with Crippen molar-refractivity contribution in [3.63, 3.8) is 0 Å². The largest absolute Gasteiger partial charge is 0.447 e. The van der Waals surface area contributed by atoms with Gasteiger partial charge in [0.05, 0.1) is 0 Å². The molecule has 1 heterocycles. The Hall–Kier alpha value is -2.61. The van der Waals surface area contributed by atoms with Gasteiger partial charge in [0, 0.05) is 6.54 Å².